The van der Waals surface area contributed by atoms with Crippen LogP contribution in [0.5, 0.6) is 11.5 Å². The number of benzene rings is 12. The van der Waals surface area contributed by atoms with E-state index in [2.05, 4.69) is 322 Å². The van der Waals surface area contributed by atoms with Gasteiger partial charge in [-0.05, 0) is 153 Å². The predicted octanol–water partition coefficient (Wildman–Crippen LogP) is 19.6. The fraction of sp³-hybridized carbons (Fsp3) is 0.111. The van der Waals surface area contributed by atoms with Crippen LogP contribution < -0.4 is 26.0 Å². The first-order chi connectivity index (χ1) is 42.4. The van der Waals surface area contributed by atoms with Crippen LogP contribution in [-0.4, -0.2) is 20.4 Å². The van der Waals surface area contributed by atoms with Crippen LogP contribution in [0.2, 0.25) is 0 Å². The van der Waals surface area contributed by atoms with E-state index < -0.39 is 0 Å². The van der Waals surface area contributed by atoms with E-state index in [-0.39, 0.29) is 17.5 Å². The molecule has 2 aliphatic rings. The average molecular weight is 1120 g/mol. The van der Waals surface area contributed by atoms with Crippen molar-refractivity contribution < 1.29 is 4.74 Å². The molecule has 0 saturated heterocycles. The second-order valence-corrected chi connectivity index (χ2v) is 26.2. The topological polar surface area (TPSA) is 27.3 Å². The molecule has 0 bridgehead atoms. The van der Waals surface area contributed by atoms with Crippen LogP contribution >= 0.6 is 0 Å². The Morgan fingerprint density at radius 3 is 1.46 bits per heavy atom. The van der Waals surface area contributed by atoms with E-state index >= 15 is 0 Å². The third-order valence-corrected chi connectivity index (χ3v) is 18.9. The maximum Gasteiger partial charge on any atom is 0.256 e. The van der Waals surface area contributed by atoms with Gasteiger partial charge in [-0.2, -0.15) is 0 Å². The Kier molecular flexibility index (Phi) is 11.1. The highest BCUT2D eigenvalue weighted by Gasteiger charge is 2.43. The molecule has 0 radical (unpaired) electrons. The number of fused-ring (bicyclic) bond motifs is 13. The fourth-order valence-electron chi connectivity index (χ4n) is 14.7. The molecule has 0 amide bonds. The molecular weight excluding hydrogens is 1060 g/mol. The summed E-state index contributed by atoms with van der Waals surface area (Å²) in [5, 5.41) is 7.38. The van der Waals surface area contributed by atoms with Crippen LogP contribution in [0.25, 0.3) is 105 Å². The Balaban J connectivity index is 0.991. The third kappa shape index (κ3) is 7.73. The largest absolute Gasteiger partial charge is 0.458 e. The average Bonchev–Trinajstić information content (AvgIpc) is 1.04. The number of aryl methyl sites for hydroxylation is 1. The fourth-order valence-corrected chi connectivity index (χ4v) is 14.7. The Bertz CT molecular complexity index is 5200. The lowest BCUT2D eigenvalue weighted by Gasteiger charge is -2.41. The van der Waals surface area contributed by atoms with E-state index in [4.69, 9.17) is 4.74 Å². The predicted molar refractivity (Wildman–Crippen MR) is 368 cm³/mol. The van der Waals surface area contributed by atoms with Crippen LogP contribution in [0.1, 0.15) is 58.2 Å². The molecule has 15 aromatic rings. The molecule has 0 N–H and O–H groups in total. The summed E-state index contributed by atoms with van der Waals surface area (Å²) in [5.41, 5.74) is 25.2. The summed E-state index contributed by atoms with van der Waals surface area (Å²) in [6, 6.07) is 95.5. The summed E-state index contributed by atoms with van der Waals surface area (Å²) >= 11 is 0. The van der Waals surface area contributed by atoms with Crippen LogP contribution in [0.4, 0.5) is 17.1 Å². The van der Waals surface area contributed by atoms with E-state index in [0.717, 1.165) is 106 Å². The minimum atomic E-state index is -0.139. The normalized spacial score (nSPS) is 13.0. The molecule has 6 heteroatoms. The van der Waals surface area contributed by atoms with Crippen molar-refractivity contribution in [2.75, 3.05) is 4.90 Å². The quantitative estimate of drug-likeness (QED) is 0.155. The molecule has 12 aromatic carbocycles. The third-order valence-electron chi connectivity index (χ3n) is 18.9. The molecule has 5 nitrogen and oxygen atoms in total. The summed E-state index contributed by atoms with van der Waals surface area (Å²) in [4.78, 5) is 2.57. The number of hydrogen-bond acceptors (Lipinski definition) is 2. The van der Waals surface area contributed by atoms with Gasteiger partial charge in [0.2, 0.25) is 0 Å². The van der Waals surface area contributed by atoms with Crippen molar-refractivity contribution in [3.63, 3.8) is 0 Å². The lowest BCUT2D eigenvalue weighted by molar-refractivity contribution is 0.487. The molecule has 2 aliphatic heterocycles. The molecule has 0 unspecified atom stereocenters. The van der Waals surface area contributed by atoms with Gasteiger partial charge in [0, 0.05) is 60.5 Å². The highest BCUT2D eigenvalue weighted by atomic mass is 16.5. The van der Waals surface area contributed by atoms with Gasteiger partial charge in [0.1, 0.15) is 11.5 Å². The molecule has 0 atom stereocenters. The van der Waals surface area contributed by atoms with Crippen LogP contribution in [0.3, 0.4) is 0 Å². The zero-order valence-electron chi connectivity index (χ0n) is 50.0. The van der Waals surface area contributed by atoms with Gasteiger partial charge in [-0.3, -0.25) is 0 Å². The van der Waals surface area contributed by atoms with Crippen LogP contribution in [0.15, 0.2) is 255 Å². The SMILES string of the molecule is Cc1ccc2c(c1)Oc1cc(-c3cccc(-n4c5ccccc5c5ccccc54)c3-n3c4ccccc4c4ccccc43)cc3c1B2c1ccc(-n2c4ccc(C(C)(C)C)cc4c4cc(C(C)(C)C)ccc42)cc1N3c1ccccc1-c1ccccc1. The van der Waals surface area contributed by atoms with Crippen molar-refractivity contribution in [1.82, 2.24) is 13.7 Å². The summed E-state index contributed by atoms with van der Waals surface area (Å²) in [6.07, 6.45) is 0. The molecule has 0 saturated carbocycles. The first kappa shape index (κ1) is 51.2. The van der Waals surface area contributed by atoms with E-state index in [1.54, 1.807) is 0 Å². The molecular formula is C81H63BN4O. The summed E-state index contributed by atoms with van der Waals surface area (Å²) in [7, 11) is 0. The molecule has 3 aromatic heterocycles. The Morgan fingerprint density at radius 1 is 0.333 bits per heavy atom. The summed E-state index contributed by atoms with van der Waals surface area (Å²) in [6.45, 7) is 15.9. The van der Waals surface area contributed by atoms with Gasteiger partial charge in [-0.15, -0.1) is 0 Å². The number of nitrogens with zero attached hydrogens (tertiary/aromatic N) is 4. The van der Waals surface area contributed by atoms with E-state index in [0.29, 0.717) is 0 Å². The van der Waals surface area contributed by atoms with Gasteiger partial charge in [-0.1, -0.05) is 205 Å². The van der Waals surface area contributed by atoms with Crippen molar-refractivity contribution in [2.24, 2.45) is 0 Å². The van der Waals surface area contributed by atoms with Gasteiger partial charge in [0.05, 0.1) is 50.2 Å². The molecule has 17 rings (SSSR count). The number of rotatable bonds is 6. The molecule has 5 heterocycles. The van der Waals surface area contributed by atoms with Crippen LogP contribution in [-0.2, 0) is 10.8 Å². The lowest BCUT2D eigenvalue weighted by Crippen LogP contribution is -2.59. The van der Waals surface area contributed by atoms with Crippen molar-refractivity contribution in [3.8, 4) is 50.8 Å². The summed E-state index contributed by atoms with van der Waals surface area (Å²) in [5.74, 6) is 1.74. The van der Waals surface area contributed by atoms with Gasteiger partial charge < -0.3 is 23.3 Å². The minimum absolute atomic E-state index is 0.0249. The molecule has 0 aliphatic carbocycles. The molecule has 416 valence electrons. The van der Waals surface area contributed by atoms with E-state index in [1.807, 2.05) is 0 Å². The Morgan fingerprint density at radius 2 is 0.851 bits per heavy atom. The van der Waals surface area contributed by atoms with Crippen molar-refractivity contribution >= 4 is 106 Å². The smallest absolute Gasteiger partial charge is 0.256 e. The van der Waals surface area contributed by atoms with Gasteiger partial charge in [0.25, 0.3) is 6.71 Å². The number of ether oxygens (including phenoxy) is 1. The Labute approximate surface area is 507 Å². The first-order valence-corrected chi connectivity index (χ1v) is 30.6. The summed E-state index contributed by atoms with van der Waals surface area (Å²) < 4.78 is 15.0. The van der Waals surface area contributed by atoms with Crippen molar-refractivity contribution in [3.05, 3.63) is 271 Å². The molecule has 0 fully saturated rings. The zero-order valence-corrected chi connectivity index (χ0v) is 50.0. The highest BCUT2D eigenvalue weighted by Crippen LogP contribution is 2.50. The van der Waals surface area contributed by atoms with E-state index in [9.17, 15) is 0 Å². The minimum Gasteiger partial charge on any atom is -0.458 e. The zero-order chi connectivity index (χ0) is 58.6. The van der Waals surface area contributed by atoms with Gasteiger partial charge in [0.15, 0.2) is 0 Å². The number of para-hydroxylation sites is 6. The van der Waals surface area contributed by atoms with Gasteiger partial charge in [-0.25, -0.2) is 0 Å². The second-order valence-electron chi connectivity index (χ2n) is 26.2. The highest BCUT2D eigenvalue weighted by molar-refractivity contribution is 6.99. The Hall–Kier alpha value is -10.3. The number of anilines is 3. The standard InChI is InChI=1S/C81H63BN4O/c1-50-36-40-65-76(44-50)87-77-46-52(57-29-21-35-73(84-67-31-17-12-25-58(67)59-26-13-18-32-68(59)84)79(57)86-69-33-19-14-27-60(69)61-28-15-20-34-70(61)86)45-75-78(77)82(65)64-41-39-55(49-74(64)85(75)66-30-16-11-24-56(66)51-22-9-8-10-23-51)83-71-42-37-53(80(2,3)4)47-62(71)63-48-54(81(5,6)7)38-43-72(63)83/h8-49H,1-7H3. The second kappa shape index (κ2) is 18.9. The molecule has 0 spiro atoms. The van der Waals surface area contributed by atoms with Crippen LogP contribution in [0, 0.1) is 6.92 Å². The maximum absolute atomic E-state index is 7.47. The van der Waals surface area contributed by atoms with Crippen molar-refractivity contribution in [2.45, 2.75) is 59.3 Å². The number of hydrogen-bond donors (Lipinski definition) is 0. The van der Waals surface area contributed by atoms with Gasteiger partial charge >= 0.3 is 0 Å². The molecule has 87 heavy (non-hydrogen) atoms. The maximum atomic E-state index is 7.47. The van der Waals surface area contributed by atoms with E-state index in [1.165, 1.54) is 59.9 Å². The lowest BCUT2D eigenvalue weighted by atomic mass is 9.34. The first-order valence-electron chi connectivity index (χ1n) is 30.6. The number of aromatic nitrogens is 3. The monoisotopic (exact) mass is 1120 g/mol. The van der Waals surface area contributed by atoms with Crippen molar-refractivity contribution in [1.29, 1.82) is 0 Å².